The SMILES string of the molecule is CCOC1CC(NC(=O)c2cncc(NN)n2)C1(C)C. The Morgan fingerprint density at radius 3 is 2.90 bits per heavy atom. The largest absolute Gasteiger partial charge is 0.378 e. The second-order valence-electron chi connectivity index (χ2n) is 5.46. The topological polar surface area (TPSA) is 102 Å². The summed E-state index contributed by atoms with van der Waals surface area (Å²) in [5, 5.41) is 2.97. The molecular formula is C13H21N5O2. The number of amides is 1. The summed E-state index contributed by atoms with van der Waals surface area (Å²) in [4.78, 5) is 20.1. The molecule has 7 heteroatoms. The van der Waals surface area contributed by atoms with Crippen LogP contribution in [-0.2, 0) is 4.74 Å². The Hall–Kier alpha value is -1.73. The lowest BCUT2D eigenvalue weighted by Crippen LogP contribution is -2.62. The van der Waals surface area contributed by atoms with Gasteiger partial charge in [-0.2, -0.15) is 0 Å². The minimum absolute atomic E-state index is 0.0721. The molecular weight excluding hydrogens is 258 g/mol. The molecule has 0 aliphatic heterocycles. The molecule has 0 bridgehead atoms. The molecule has 2 rings (SSSR count). The van der Waals surface area contributed by atoms with Crippen LogP contribution in [0.1, 0.15) is 37.7 Å². The van der Waals surface area contributed by atoms with Gasteiger partial charge < -0.3 is 15.5 Å². The second kappa shape index (κ2) is 5.72. The van der Waals surface area contributed by atoms with Gasteiger partial charge in [0.25, 0.3) is 5.91 Å². The normalized spacial score (nSPS) is 23.8. The van der Waals surface area contributed by atoms with E-state index in [4.69, 9.17) is 10.6 Å². The lowest BCUT2D eigenvalue weighted by molar-refractivity contribution is -0.111. The van der Waals surface area contributed by atoms with Crippen molar-refractivity contribution in [2.75, 3.05) is 12.0 Å². The van der Waals surface area contributed by atoms with Crippen molar-refractivity contribution >= 4 is 11.7 Å². The minimum Gasteiger partial charge on any atom is -0.378 e. The summed E-state index contributed by atoms with van der Waals surface area (Å²) in [5.41, 5.74) is 2.54. The summed E-state index contributed by atoms with van der Waals surface area (Å²) in [5.74, 6) is 5.36. The van der Waals surface area contributed by atoms with Crippen molar-refractivity contribution in [1.82, 2.24) is 15.3 Å². The Balaban J connectivity index is 1.99. The molecule has 1 fully saturated rings. The van der Waals surface area contributed by atoms with Crippen molar-refractivity contribution in [3.05, 3.63) is 18.1 Å². The van der Waals surface area contributed by atoms with Gasteiger partial charge in [-0.1, -0.05) is 13.8 Å². The van der Waals surface area contributed by atoms with Crippen LogP contribution in [0.15, 0.2) is 12.4 Å². The smallest absolute Gasteiger partial charge is 0.271 e. The third kappa shape index (κ3) is 2.73. The highest BCUT2D eigenvalue weighted by Gasteiger charge is 2.49. The van der Waals surface area contributed by atoms with Gasteiger partial charge in [0.2, 0.25) is 0 Å². The predicted octanol–water partition coefficient (Wildman–Crippen LogP) is 0.696. The Kier molecular flexibility index (Phi) is 4.20. The van der Waals surface area contributed by atoms with E-state index < -0.39 is 0 Å². The standard InChI is InChI=1S/C13H21N5O2/c1-4-20-10-5-9(13(10,2)3)17-12(19)8-6-15-7-11(16-8)18-14/h6-7,9-10H,4-5,14H2,1-3H3,(H,16,18)(H,17,19). The van der Waals surface area contributed by atoms with Gasteiger partial charge >= 0.3 is 0 Å². The van der Waals surface area contributed by atoms with Crippen molar-refractivity contribution in [2.45, 2.75) is 39.3 Å². The first-order valence-electron chi connectivity index (χ1n) is 6.70. The molecule has 1 saturated carbocycles. The highest BCUT2D eigenvalue weighted by molar-refractivity contribution is 5.92. The number of anilines is 1. The molecule has 0 saturated heterocycles. The zero-order valence-electron chi connectivity index (χ0n) is 12.0. The van der Waals surface area contributed by atoms with Crippen LogP contribution in [0.3, 0.4) is 0 Å². The average Bonchev–Trinajstić information content (AvgIpc) is 2.46. The van der Waals surface area contributed by atoms with Crippen molar-refractivity contribution < 1.29 is 9.53 Å². The molecule has 20 heavy (non-hydrogen) atoms. The molecule has 2 unspecified atom stereocenters. The van der Waals surface area contributed by atoms with Gasteiger partial charge in [0, 0.05) is 18.1 Å². The monoisotopic (exact) mass is 279 g/mol. The summed E-state index contributed by atoms with van der Waals surface area (Å²) in [6.07, 6.45) is 3.87. The number of nitrogens with zero attached hydrogens (tertiary/aromatic N) is 2. The lowest BCUT2D eigenvalue weighted by Gasteiger charge is -2.51. The molecule has 1 aromatic heterocycles. The Morgan fingerprint density at radius 1 is 1.55 bits per heavy atom. The van der Waals surface area contributed by atoms with Crippen molar-refractivity contribution in [2.24, 2.45) is 11.3 Å². The summed E-state index contributed by atoms with van der Waals surface area (Å²) >= 11 is 0. The van der Waals surface area contributed by atoms with Gasteiger partial charge in [0.15, 0.2) is 5.82 Å². The van der Waals surface area contributed by atoms with Crippen molar-refractivity contribution in [3.63, 3.8) is 0 Å². The van der Waals surface area contributed by atoms with E-state index in [1.165, 1.54) is 12.4 Å². The molecule has 0 aromatic carbocycles. The van der Waals surface area contributed by atoms with E-state index in [9.17, 15) is 4.79 Å². The van der Waals surface area contributed by atoms with E-state index in [0.717, 1.165) is 6.42 Å². The van der Waals surface area contributed by atoms with Crippen LogP contribution >= 0.6 is 0 Å². The van der Waals surface area contributed by atoms with Gasteiger partial charge in [-0.25, -0.2) is 10.8 Å². The fourth-order valence-electron chi connectivity index (χ4n) is 2.39. The summed E-state index contributed by atoms with van der Waals surface area (Å²) in [6, 6.07) is 0.0721. The first-order chi connectivity index (χ1) is 9.48. The van der Waals surface area contributed by atoms with E-state index in [-0.39, 0.29) is 29.2 Å². The summed E-state index contributed by atoms with van der Waals surface area (Å²) in [6.45, 7) is 6.84. The second-order valence-corrected chi connectivity index (χ2v) is 5.46. The number of ether oxygens (including phenoxy) is 1. The average molecular weight is 279 g/mol. The van der Waals surface area contributed by atoms with E-state index in [1.54, 1.807) is 0 Å². The molecule has 1 aliphatic rings. The van der Waals surface area contributed by atoms with E-state index in [0.29, 0.717) is 12.4 Å². The van der Waals surface area contributed by atoms with Gasteiger partial charge in [0.05, 0.1) is 18.5 Å². The number of hydrogen-bond acceptors (Lipinski definition) is 6. The molecule has 4 N–H and O–H groups in total. The van der Waals surface area contributed by atoms with E-state index in [1.807, 2.05) is 6.92 Å². The summed E-state index contributed by atoms with van der Waals surface area (Å²) < 4.78 is 5.64. The molecule has 2 atom stereocenters. The highest BCUT2D eigenvalue weighted by Crippen LogP contribution is 2.42. The number of carbonyl (C=O) groups is 1. The fraction of sp³-hybridized carbons (Fsp3) is 0.615. The van der Waals surface area contributed by atoms with Gasteiger partial charge in [-0.05, 0) is 13.3 Å². The molecule has 1 amide bonds. The maximum Gasteiger partial charge on any atom is 0.271 e. The number of nitrogens with two attached hydrogens (primary N) is 1. The Morgan fingerprint density at radius 2 is 2.30 bits per heavy atom. The maximum atomic E-state index is 12.1. The van der Waals surface area contributed by atoms with Crippen LogP contribution in [0, 0.1) is 5.41 Å². The van der Waals surface area contributed by atoms with Crippen LogP contribution in [0.4, 0.5) is 5.82 Å². The zero-order valence-corrected chi connectivity index (χ0v) is 12.0. The van der Waals surface area contributed by atoms with Crippen LogP contribution in [0.25, 0.3) is 0 Å². The first kappa shape index (κ1) is 14.7. The molecule has 0 spiro atoms. The van der Waals surface area contributed by atoms with E-state index >= 15 is 0 Å². The van der Waals surface area contributed by atoms with E-state index in [2.05, 4.69) is 34.6 Å². The highest BCUT2D eigenvalue weighted by atomic mass is 16.5. The molecule has 1 aliphatic carbocycles. The van der Waals surface area contributed by atoms with Gasteiger partial charge in [-0.3, -0.25) is 9.78 Å². The number of carbonyl (C=O) groups excluding carboxylic acids is 1. The predicted molar refractivity (Wildman–Crippen MR) is 74.9 cm³/mol. The number of aromatic nitrogens is 2. The maximum absolute atomic E-state index is 12.1. The molecule has 0 radical (unpaired) electrons. The minimum atomic E-state index is -0.248. The quantitative estimate of drug-likeness (QED) is 0.541. The van der Waals surface area contributed by atoms with Gasteiger partial charge in [0.1, 0.15) is 5.69 Å². The van der Waals surface area contributed by atoms with Crippen LogP contribution in [0.5, 0.6) is 0 Å². The van der Waals surface area contributed by atoms with Crippen LogP contribution < -0.4 is 16.6 Å². The summed E-state index contributed by atoms with van der Waals surface area (Å²) in [7, 11) is 0. The van der Waals surface area contributed by atoms with Crippen molar-refractivity contribution in [3.8, 4) is 0 Å². The number of nitrogen functional groups attached to an aromatic ring is 1. The Bertz CT molecular complexity index is 491. The number of hydrazine groups is 1. The van der Waals surface area contributed by atoms with Crippen LogP contribution in [0.2, 0.25) is 0 Å². The number of hydrogen-bond donors (Lipinski definition) is 3. The van der Waals surface area contributed by atoms with Gasteiger partial charge in [-0.15, -0.1) is 0 Å². The Labute approximate surface area is 118 Å². The molecule has 1 aromatic rings. The lowest BCUT2D eigenvalue weighted by atomic mass is 9.64. The fourth-order valence-corrected chi connectivity index (χ4v) is 2.39. The van der Waals surface area contributed by atoms with Crippen molar-refractivity contribution in [1.29, 1.82) is 0 Å². The number of nitrogens with one attached hydrogen (secondary N) is 2. The molecule has 1 heterocycles. The molecule has 7 nitrogen and oxygen atoms in total. The van der Waals surface area contributed by atoms with Crippen LogP contribution in [-0.4, -0.2) is 34.6 Å². The number of rotatable bonds is 5. The third-order valence-electron chi connectivity index (χ3n) is 3.87. The third-order valence-corrected chi connectivity index (χ3v) is 3.87. The molecule has 110 valence electrons. The zero-order chi connectivity index (χ0) is 14.8. The first-order valence-corrected chi connectivity index (χ1v) is 6.70.